The van der Waals surface area contributed by atoms with E-state index in [2.05, 4.69) is 0 Å². The van der Waals surface area contributed by atoms with E-state index in [0.29, 0.717) is 5.56 Å². The van der Waals surface area contributed by atoms with Crippen LogP contribution in [-0.4, -0.2) is 4.92 Å². The summed E-state index contributed by atoms with van der Waals surface area (Å²) in [5.41, 5.74) is 2.72. The Bertz CT molecular complexity index is 603. The molecular weight excluding hydrogens is 238 g/mol. The number of nitro benzene ring substituents is 1. The lowest BCUT2D eigenvalue weighted by Crippen LogP contribution is -1.96. The molecule has 0 saturated heterocycles. The number of hydrogen-bond acceptors (Lipinski definition) is 2. The summed E-state index contributed by atoms with van der Waals surface area (Å²) in [6, 6.07) is 16.6. The van der Waals surface area contributed by atoms with Crippen LogP contribution in [0.15, 0.2) is 60.7 Å². The summed E-state index contributed by atoms with van der Waals surface area (Å²) in [4.78, 5) is 10.8. The van der Waals surface area contributed by atoms with E-state index in [1.54, 1.807) is 18.2 Å². The summed E-state index contributed by atoms with van der Waals surface area (Å²) in [7, 11) is 0. The zero-order valence-corrected chi connectivity index (χ0v) is 10.7. The molecule has 3 heteroatoms. The van der Waals surface area contributed by atoms with E-state index < -0.39 is 0 Å². The van der Waals surface area contributed by atoms with Crippen molar-refractivity contribution in [2.45, 2.75) is 13.3 Å². The van der Waals surface area contributed by atoms with Gasteiger partial charge in [-0.2, -0.15) is 0 Å². The van der Waals surface area contributed by atoms with Gasteiger partial charge in [-0.15, -0.1) is 0 Å². The van der Waals surface area contributed by atoms with Gasteiger partial charge >= 0.3 is 0 Å². The molecule has 0 unspecified atom stereocenters. The van der Waals surface area contributed by atoms with Gasteiger partial charge in [0.2, 0.25) is 0 Å². The van der Waals surface area contributed by atoms with E-state index in [0.717, 1.165) is 17.6 Å². The maximum Gasteiger partial charge on any atom is 0.277 e. The van der Waals surface area contributed by atoms with Crippen LogP contribution in [0.1, 0.15) is 24.5 Å². The van der Waals surface area contributed by atoms with E-state index in [-0.39, 0.29) is 10.6 Å². The highest BCUT2D eigenvalue weighted by molar-refractivity contribution is 5.84. The highest BCUT2D eigenvalue weighted by Crippen LogP contribution is 2.30. The molecule has 19 heavy (non-hydrogen) atoms. The molecular formula is C16H15NO2. The molecule has 96 valence electrons. The van der Waals surface area contributed by atoms with Crippen molar-refractivity contribution in [1.82, 2.24) is 0 Å². The number of benzene rings is 2. The maximum absolute atomic E-state index is 11.1. The van der Waals surface area contributed by atoms with Gasteiger partial charge in [-0.1, -0.05) is 55.5 Å². The van der Waals surface area contributed by atoms with Crippen molar-refractivity contribution in [3.8, 4) is 0 Å². The average molecular weight is 253 g/mol. The summed E-state index contributed by atoms with van der Waals surface area (Å²) in [5.74, 6) is 0. The lowest BCUT2D eigenvalue weighted by atomic mass is 9.96. The molecule has 0 aromatic heterocycles. The molecule has 0 fully saturated rings. The lowest BCUT2D eigenvalue weighted by Gasteiger charge is -2.08. The molecule has 0 aliphatic rings. The van der Waals surface area contributed by atoms with Crippen LogP contribution in [-0.2, 0) is 0 Å². The van der Waals surface area contributed by atoms with Gasteiger partial charge in [0.25, 0.3) is 5.69 Å². The molecule has 2 rings (SSSR count). The van der Waals surface area contributed by atoms with Crippen LogP contribution in [0.25, 0.3) is 5.57 Å². The highest BCUT2D eigenvalue weighted by atomic mass is 16.6. The van der Waals surface area contributed by atoms with Gasteiger partial charge in [-0.05, 0) is 23.6 Å². The second-order valence-corrected chi connectivity index (χ2v) is 4.17. The third-order valence-electron chi connectivity index (χ3n) is 2.88. The second-order valence-electron chi connectivity index (χ2n) is 4.17. The van der Waals surface area contributed by atoms with E-state index in [4.69, 9.17) is 0 Å². The first-order valence-electron chi connectivity index (χ1n) is 6.23. The van der Waals surface area contributed by atoms with E-state index in [9.17, 15) is 10.1 Å². The second kappa shape index (κ2) is 5.96. The van der Waals surface area contributed by atoms with Crippen molar-refractivity contribution in [3.63, 3.8) is 0 Å². The van der Waals surface area contributed by atoms with Gasteiger partial charge < -0.3 is 0 Å². The Labute approximate surface area is 112 Å². The molecule has 0 amide bonds. The molecule has 2 aromatic rings. The third kappa shape index (κ3) is 2.88. The minimum Gasteiger partial charge on any atom is -0.258 e. The summed E-state index contributed by atoms with van der Waals surface area (Å²) in [6.07, 6.45) is 2.86. The first-order valence-corrected chi connectivity index (χ1v) is 6.23. The van der Waals surface area contributed by atoms with E-state index >= 15 is 0 Å². The maximum atomic E-state index is 11.1. The fraction of sp³-hybridized carbons (Fsp3) is 0.125. The minimum atomic E-state index is -0.332. The van der Waals surface area contributed by atoms with Crippen LogP contribution in [0.4, 0.5) is 5.69 Å². The summed E-state index contributed by atoms with van der Waals surface area (Å²) in [5, 5.41) is 11.1. The van der Waals surface area contributed by atoms with Crippen LogP contribution >= 0.6 is 0 Å². The summed E-state index contributed by atoms with van der Waals surface area (Å²) < 4.78 is 0. The first kappa shape index (κ1) is 13.0. The monoisotopic (exact) mass is 253 g/mol. The summed E-state index contributed by atoms with van der Waals surface area (Å²) >= 11 is 0. The van der Waals surface area contributed by atoms with Crippen LogP contribution in [0, 0.1) is 10.1 Å². The van der Waals surface area contributed by atoms with Crippen molar-refractivity contribution >= 4 is 11.3 Å². The van der Waals surface area contributed by atoms with E-state index in [1.165, 1.54) is 0 Å². The standard InChI is InChI=1S/C16H15NO2/c1-2-8-14(13-9-4-3-5-10-13)15-11-6-7-12-16(15)17(18)19/h3-12H,2H2,1H3/b14-8+. The molecule has 0 N–H and O–H groups in total. The largest absolute Gasteiger partial charge is 0.277 e. The molecule has 3 nitrogen and oxygen atoms in total. The molecule has 0 radical (unpaired) electrons. The van der Waals surface area contributed by atoms with Gasteiger partial charge in [0.05, 0.1) is 10.5 Å². The van der Waals surface area contributed by atoms with E-state index in [1.807, 2.05) is 49.4 Å². The van der Waals surface area contributed by atoms with Crippen molar-refractivity contribution in [2.24, 2.45) is 0 Å². The Kier molecular flexibility index (Phi) is 4.08. The zero-order valence-electron chi connectivity index (χ0n) is 10.7. The van der Waals surface area contributed by atoms with Crippen molar-refractivity contribution in [3.05, 3.63) is 81.9 Å². The number of rotatable bonds is 4. The van der Waals surface area contributed by atoms with Crippen LogP contribution in [0.2, 0.25) is 0 Å². The summed E-state index contributed by atoms with van der Waals surface area (Å²) in [6.45, 7) is 2.03. The van der Waals surface area contributed by atoms with Gasteiger partial charge in [-0.25, -0.2) is 0 Å². The van der Waals surface area contributed by atoms with Gasteiger partial charge in [0.1, 0.15) is 0 Å². The van der Waals surface area contributed by atoms with Gasteiger partial charge in [-0.3, -0.25) is 10.1 Å². The van der Waals surface area contributed by atoms with Gasteiger partial charge in [0, 0.05) is 6.07 Å². The molecule has 0 bridgehead atoms. The van der Waals surface area contributed by atoms with Crippen molar-refractivity contribution in [1.29, 1.82) is 0 Å². The molecule has 0 saturated carbocycles. The molecule has 0 atom stereocenters. The predicted octanol–water partition coefficient (Wildman–Crippen LogP) is 4.44. The Morgan fingerprint density at radius 1 is 1.11 bits per heavy atom. The molecule has 0 aliphatic heterocycles. The number of nitro groups is 1. The Morgan fingerprint density at radius 3 is 2.37 bits per heavy atom. The topological polar surface area (TPSA) is 43.1 Å². The SMILES string of the molecule is CC/C=C(\c1ccccc1)c1ccccc1[N+](=O)[O-]. The highest BCUT2D eigenvalue weighted by Gasteiger charge is 2.16. The smallest absolute Gasteiger partial charge is 0.258 e. The Hall–Kier alpha value is -2.42. The fourth-order valence-corrected chi connectivity index (χ4v) is 2.07. The first-order chi connectivity index (χ1) is 9.24. The molecule has 0 spiro atoms. The van der Waals surface area contributed by atoms with Crippen LogP contribution in [0.5, 0.6) is 0 Å². The average Bonchev–Trinajstić information content (AvgIpc) is 2.45. The lowest BCUT2D eigenvalue weighted by molar-refractivity contribution is -0.385. The van der Waals surface area contributed by atoms with Crippen molar-refractivity contribution < 1.29 is 4.92 Å². The quantitative estimate of drug-likeness (QED) is 0.597. The Balaban J connectivity index is 2.59. The number of allylic oxidation sites excluding steroid dienone is 1. The molecule has 2 aromatic carbocycles. The minimum absolute atomic E-state index is 0.144. The normalized spacial score (nSPS) is 11.3. The molecule has 0 heterocycles. The van der Waals surface area contributed by atoms with Crippen LogP contribution < -0.4 is 0 Å². The zero-order chi connectivity index (χ0) is 13.7. The predicted molar refractivity (Wildman–Crippen MR) is 76.9 cm³/mol. The third-order valence-corrected chi connectivity index (χ3v) is 2.88. The van der Waals surface area contributed by atoms with Crippen molar-refractivity contribution in [2.75, 3.05) is 0 Å². The number of hydrogen-bond donors (Lipinski definition) is 0. The molecule has 0 aliphatic carbocycles. The number of para-hydroxylation sites is 1. The fourth-order valence-electron chi connectivity index (χ4n) is 2.07. The van der Waals surface area contributed by atoms with Crippen LogP contribution in [0.3, 0.4) is 0 Å². The van der Waals surface area contributed by atoms with Gasteiger partial charge in [0.15, 0.2) is 0 Å². The number of nitrogens with zero attached hydrogens (tertiary/aromatic N) is 1. The Morgan fingerprint density at radius 2 is 1.74 bits per heavy atom.